The van der Waals surface area contributed by atoms with Crippen molar-refractivity contribution in [1.82, 2.24) is 0 Å². The second-order valence-corrected chi connectivity index (χ2v) is 4.42. The average Bonchev–Trinajstić information content (AvgIpc) is 2.28. The Balaban J connectivity index is 2.78. The summed E-state index contributed by atoms with van der Waals surface area (Å²) in [5.74, 6) is -0.531. The van der Waals surface area contributed by atoms with Gasteiger partial charge in [0.25, 0.3) is 0 Å². The highest BCUT2D eigenvalue weighted by Gasteiger charge is 2.18. The maximum Gasteiger partial charge on any atom is 0.313 e. The van der Waals surface area contributed by atoms with Gasteiger partial charge < -0.3 is 4.74 Å². The van der Waals surface area contributed by atoms with E-state index in [0.717, 1.165) is 15.6 Å². The molecule has 16 heavy (non-hydrogen) atoms. The molecule has 0 aliphatic rings. The number of ether oxygens (including phenoxy) is 1. The SMILES string of the molecule is C=C(c1ccc(Br)cc1)C(C)C(=O)OCC. The highest BCUT2D eigenvalue weighted by atomic mass is 79.9. The fourth-order valence-corrected chi connectivity index (χ4v) is 1.59. The predicted octanol–water partition coefficient (Wildman–Crippen LogP) is 3.66. The summed E-state index contributed by atoms with van der Waals surface area (Å²) >= 11 is 3.36. The van der Waals surface area contributed by atoms with Crippen LogP contribution in [0.15, 0.2) is 35.3 Å². The molecule has 0 saturated heterocycles. The van der Waals surface area contributed by atoms with E-state index < -0.39 is 0 Å². The Morgan fingerprint density at radius 3 is 2.50 bits per heavy atom. The normalized spacial score (nSPS) is 11.9. The van der Waals surface area contributed by atoms with E-state index in [1.165, 1.54) is 0 Å². The van der Waals surface area contributed by atoms with Gasteiger partial charge in [-0.3, -0.25) is 4.79 Å². The van der Waals surface area contributed by atoms with Gasteiger partial charge >= 0.3 is 5.97 Å². The molecule has 0 aromatic heterocycles. The van der Waals surface area contributed by atoms with Crippen molar-refractivity contribution in [3.8, 4) is 0 Å². The van der Waals surface area contributed by atoms with Gasteiger partial charge in [-0.15, -0.1) is 0 Å². The molecular weight excluding hydrogens is 268 g/mol. The van der Waals surface area contributed by atoms with Crippen molar-refractivity contribution in [2.75, 3.05) is 6.61 Å². The van der Waals surface area contributed by atoms with Gasteiger partial charge in [0.15, 0.2) is 0 Å². The number of halogens is 1. The summed E-state index contributed by atoms with van der Waals surface area (Å²) in [5.41, 5.74) is 1.75. The zero-order valence-corrected chi connectivity index (χ0v) is 11.1. The lowest BCUT2D eigenvalue weighted by molar-refractivity contribution is -0.145. The third-order valence-corrected chi connectivity index (χ3v) is 2.91. The number of hydrogen-bond acceptors (Lipinski definition) is 2. The van der Waals surface area contributed by atoms with Crippen molar-refractivity contribution >= 4 is 27.5 Å². The fraction of sp³-hybridized carbons (Fsp3) is 0.308. The van der Waals surface area contributed by atoms with Crippen molar-refractivity contribution in [1.29, 1.82) is 0 Å². The van der Waals surface area contributed by atoms with Crippen LogP contribution in [-0.4, -0.2) is 12.6 Å². The van der Waals surface area contributed by atoms with Gasteiger partial charge in [-0.05, 0) is 37.1 Å². The maximum absolute atomic E-state index is 11.5. The van der Waals surface area contributed by atoms with Gasteiger partial charge in [-0.1, -0.05) is 34.6 Å². The van der Waals surface area contributed by atoms with Crippen LogP contribution in [0.3, 0.4) is 0 Å². The average molecular weight is 283 g/mol. The van der Waals surface area contributed by atoms with Crippen LogP contribution in [0.1, 0.15) is 19.4 Å². The van der Waals surface area contributed by atoms with Gasteiger partial charge in [0.1, 0.15) is 0 Å². The van der Waals surface area contributed by atoms with Crippen LogP contribution in [0.25, 0.3) is 5.57 Å². The van der Waals surface area contributed by atoms with Crippen molar-refractivity contribution in [2.24, 2.45) is 5.92 Å². The molecule has 1 aromatic rings. The van der Waals surface area contributed by atoms with E-state index in [-0.39, 0.29) is 11.9 Å². The summed E-state index contributed by atoms with van der Waals surface area (Å²) < 4.78 is 5.97. The standard InChI is InChI=1S/C13H15BrO2/c1-4-16-13(15)10(3)9(2)11-5-7-12(14)8-6-11/h5-8,10H,2,4H2,1,3H3. The molecule has 1 aromatic carbocycles. The molecule has 0 radical (unpaired) electrons. The molecule has 0 N–H and O–H groups in total. The lowest BCUT2D eigenvalue weighted by atomic mass is 9.96. The largest absolute Gasteiger partial charge is 0.466 e. The Kier molecular flexibility index (Phi) is 4.74. The molecule has 0 fully saturated rings. The number of carbonyl (C=O) groups excluding carboxylic acids is 1. The Bertz CT molecular complexity index is 381. The van der Waals surface area contributed by atoms with Crippen molar-refractivity contribution in [3.63, 3.8) is 0 Å². The number of benzene rings is 1. The van der Waals surface area contributed by atoms with E-state index in [1.807, 2.05) is 31.2 Å². The second kappa shape index (κ2) is 5.85. The Morgan fingerprint density at radius 1 is 1.44 bits per heavy atom. The lowest BCUT2D eigenvalue weighted by Crippen LogP contribution is -2.15. The first-order valence-electron chi connectivity index (χ1n) is 5.17. The van der Waals surface area contributed by atoms with E-state index in [1.54, 1.807) is 6.92 Å². The van der Waals surface area contributed by atoms with Crippen molar-refractivity contribution in [2.45, 2.75) is 13.8 Å². The molecule has 86 valence electrons. The first-order chi connectivity index (χ1) is 7.56. The number of carbonyl (C=O) groups is 1. The molecule has 0 spiro atoms. The number of hydrogen-bond donors (Lipinski definition) is 0. The molecule has 0 aliphatic carbocycles. The van der Waals surface area contributed by atoms with Crippen LogP contribution in [0, 0.1) is 5.92 Å². The Hall–Kier alpha value is -1.09. The highest BCUT2D eigenvalue weighted by molar-refractivity contribution is 9.10. The molecule has 3 heteroatoms. The van der Waals surface area contributed by atoms with Crippen LogP contribution in [0.5, 0.6) is 0 Å². The quantitative estimate of drug-likeness (QED) is 0.788. The summed E-state index contributed by atoms with van der Waals surface area (Å²) in [6, 6.07) is 7.72. The van der Waals surface area contributed by atoms with Crippen LogP contribution in [0.4, 0.5) is 0 Å². The third kappa shape index (κ3) is 3.20. The maximum atomic E-state index is 11.5. The first kappa shape index (κ1) is 13.0. The summed E-state index contributed by atoms with van der Waals surface area (Å²) in [7, 11) is 0. The molecule has 0 bridgehead atoms. The van der Waals surface area contributed by atoms with Crippen LogP contribution >= 0.6 is 15.9 Å². The monoisotopic (exact) mass is 282 g/mol. The fourth-order valence-electron chi connectivity index (χ4n) is 1.32. The third-order valence-electron chi connectivity index (χ3n) is 2.38. The zero-order valence-electron chi connectivity index (χ0n) is 9.50. The van der Waals surface area contributed by atoms with E-state index in [0.29, 0.717) is 6.61 Å². The zero-order chi connectivity index (χ0) is 12.1. The summed E-state index contributed by atoms with van der Waals surface area (Å²) in [6.07, 6.45) is 0. The summed E-state index contributed by atoms with van der Waals surface area (Å²) in [4.78, 5) is 11.5. The smallest absolute Gasteiger partial charge is 0.313 e. The van der Waals surface area contributed by atoms with Gasteiger partial charge in [-0.2, -0.15) is 0 Å². The van der Waals surface area contributed by atoms with E-state index >= 15 is 0 Å². The second-order valence-electron chi connectivity index (χ2n) is 3.51. The van der Waals surface area contributed by atoms with Gasteiger partial charge in [0.05, 0.1) is 12.5 Å². The van der Waals surface area contributed by atoms with Crippen molar-refractivity contribution in [3.05, 3.63) is 40.9 Å². The summed E-state index contributed by atoms with van der Waals surface area (Å²) in [5, 5.41) is 0. The Labute approximate surface area is 104 Å². The highest BCUT2D eigenvalue weighted by Crippen LogP contribution is 2.23. The topological polar surface area (TPSA) is 26.3 Å². The predicted molar refractivity (Wildman–Crippen MR) is 69.0 cm³/mol. The molecule has 1 unspecified atom stereocenters. The van der Waals surface area contributed by atoms with Gasteiger partial charge in [-0.25, -0.2) is 0 Å². The Morgan fingerprint density at radius 2 is 2.00 bits per heavy atom. The van der Waals surface area contributed by atoms with E-state index in [9.17, 15) is 4.79 Å². The first-order valence-corrected chi connectivity index (χ1v) is 5.97. The van der Waals surface area contributed by atoms with Crippen LogP contribution < -0.4 is 0 Å². The summed E-state index contributed by atoms with van der Waals surface area (Å²) in [6.45, 7) is 7.95. The number of esters is 1. The molecular formula is C13H15BrO2. The number of rotatable bonds is 4. The lowest BCUT2D eigenvalue weighted by Gasteiger charge is -2.13. The van der Waals surface area contributed by atoms with Gasteiger partial charge in [0, 0.05) is 4.47 Å². The van der Waals surface area contributed by atoms with Crippen molar-refractivity contribution < 1.29 is 9.53 Å². The molecule has 0 amide bonds. The molecule has 2 nitrogen and oxygen atoms in total. The molecule has 0 saturated carbocycles. The molecule has 1 rings (SSSR count). The van der Waals surface area contributed by atoms with Crippen LogP contribution in [-0.2, 0) is 9.53 Å². The minimum absolute atomic E-state index is 0.226. The van der Waals surface area contributed by atoms with Gasteiger partial charge in [0.2, 0.25) is 0 Å². The van der Waals surface area contributed by atoms with E-state index in [4.69, 9.17) is 4.74 Å². The molecule has 1 atom stereocenters. The van der Waals surface area contributed by atoms with Crippen LogP contribution in [0.2, 0.25) is 0 Å². The molecule has 0 heterocycles. The van der Waals surface area contributed by atoms with E-state index in [2.05, 4.69) is 22.5 Å². The molecule has 0 aliphatic heterocycles. The minimum Gasteiger partial charge on any atom is -0.466 e. The minimum atomic E-state index is -0.305.